The van der Waals surface area contributed by atoms with Crippen molar-refractivity contribution in [2.75, 3.05) is 6.54 Å². The van der Waals surface area contributed by atoms with E-state index >= 15 is 0 Å². The number of fused-ring (bicyclic) bond motifs is 3. The predicted octanol–water partition coefficient (Wildman–Crippen LogP) is 0.933. The maximum atomic E-state index is 12.5. The molecule has 6 nitrogen and oxygen atoms in total. The van der Waals surface area contributed by atoms with Gasteiger partial charge in [-0.2, -0.15) is 0 Å². The van der Waals surface area contributed by atoms with E-state index in [1.165, 1.54) is 11.0 Å². The van der Waals surface area contributed by atoms with Crippen LogP contribution < -0.4 is 5.63 Å². The summed E-state index contributed by atoms with van der Waals surface area (Å²) in [5.41, 5.74) is -0.301. The fraction of sp³-hybridized carbons (Fsp3) is 0.267. The lowest BCUT2D eigenvalue weighted by Crippen LogP contribution is -2.45. The maximum absolute atomic E-state index is 12.5. The highest BCUT2D eigenvalue weighted by Gasteiger charge is 2.49. The molecular formula is C15H11NO5. The highest BCUT2D eigenvalue weighted by Crippen LogP contribution is 2.30. The van der Waals surface area contributed by atoms with Crippen molar-refractivity contribution in [3.05, 3.63) is 46.3 Å². The summed E-state index contributed by atoms with van der Waals surface area (Å²) in [5.74, 6) is -0.872. The number of amides is 1. The van der Waals surface area contributed by atoms with Crippen molar-refractivity contribution in [2.24, 2.45) is 0 Å². The average Bonchev–Trinajstić information content (AvgIpc) is 3.05. The summed E-state index contributed by atoms with van der Waals surface area (Å²) in [6.45, 7) is 0.335. The number of likely N-dealkylation sites (tertiary alicyclic amines) is 1. The molecule has 0 radical (unpaired) electrons. The predicted molar refractivity (Wildman–Crippen MR) is 71.8 cm³/mol. The SMILES string of the molecule is O=C1O[C@@H]2C[C@H]1N(C(=O)c1cc3ccccc3oc1=O)C2. The molecule has 0 aliphatic carbocycles. The quantitative estimate of drug-likeness (QED) is 0.575. The van der Waals surface area contributed by atoms with Crippen LogP contribution in [0.5, 0.6) is 0 Å². The standard InChI is InChI=1S/C15H11NO5/c17-13(16-7-9-6-11(16)15(19)20-9)10-5-8-3-1-2-4-12(8)21-14(10)18/h1-5,9,11H,6-7H2/t9-,11-/m1/s1. The molecule has 1 amide bonds. The maximum Gasteiger partial charge on any atom is 0.349 e. The summed E-state index contributed by atoms with van der Waals surface area (Å²) in [5, 5.41) is 0.674. The van der Waals surface area contributed by atoms with Crippen LogP contribution in [0.4, 0.5) is 0 Å². The van der Waals surface area contributed by atoms with E-state index in [-0.39, 0.29) is 11.7 Å². The number of benzene rings is 1. The fourth-order valence-corrected chi connectivity index (χ4v) is 2.94. The molecule has 4 rings (SSSR count). The van der Waals surface area contributed by atoms with Gasteiger partial charge in [-0.15, -0.1) is 0 Å². The van der Waals surface area contributed by atoms with E-state index in [1.54, 1.807) is 24.3 Å². The molecule has 21 heavy (non-hydrogen) atoms. The monoisotopic (exact) mass is 285 g/mol. The van der Waals surface area contributed by atoms with Gasteiger partial charge in [0.1, 0.15) is 23.3 Å². The highest BCUT2D eigenvalue weighted by molar-refractivity contribution is 5.99. The highest BCUT2D eigenvalue weighted by atomic mass is 16.6. The Morgan fingerprint density at radius 3 is 2.81 bits per heavy atom. The smallest absolute Gasteiger partial charge is 0.349 e. The molecule has 0 spiro atoms. The number of morpholine rings is 1. The molecule has 0 unspecified atom stereocenters. The van der Waals surface area contributed by atoms with Crippen LogP contribution in [0.2, 0.25) is 0 Å². The number of hydrogen-bond acceptors (Lipinski definition) is 5. The molecule has 2 saturated heterocycles. The number of carbonyl (C=O) groups excluding carboxylic acids is 2. The van der Waals surface area contributed by atoms with Gasteiger partial charge in [-0.3, -0.25) is 4.79 Å². The van der Waals surface area contributed by atoms with Crippen molar-refractivity contribution >= 4 is 22.8 Å². The third-order valence-corrected chi connectivity index (χ3v) is 3.95. The van der Waals surface area contributed by atoms with Gasteiger partial charge in [0.15, 0.2) is 0 Å². The number of para-hydroxylation sites is 1. The molecule has 3 heterocycles. The molecule has 2 bridgehead atoms. The first-order chi connectivity index (χ1) is 10.1. The van der Waals surface area contributed by atoms with Crippen molar-refractivity contribution in [2.45, 2.75) is 18.6 Å². The molecule has 0 N–H and O–H groups in total. The Balaban J connectivity index is 1.76. The minimum Gasteiger partial charge on any atom is -0.459 e. The Labute approximate surface area is 118 Å². The molecule has 2 aromatic rings. The van der Waals surface area contributed by atoms with Crippen molar-refractivity contribution in [1.82, 2.24) is 4.90 Å². The molecule has 1 aromatic heterocycles. The Hall–Kier alpha value is -2.63. The Bertz CT molecular complexity index is 824. The van der Waals surface area contributed by atoms with Crippen molar-refractivity contribution in [3.63, 3.8) is 0 Å². The third-order valence-electron chi connectivity index (χ3n) is 3.95. The Morgan fingerprint density at radius 1 is 1.24 bits per heavy atom. The van der Waals surface area contributed by atoms with E-state index < -0.39 is 23.5 Å². The number of ether oxygens (including phenoxy) is 1. The van der Waals surface area contributed by atoms with E-state index in [0.717, 1.165) is 0 Å². The molecular weight excluding hydrogens is 274 g/mol. The van der Waals surface area contributed by atoms with Gasteiger partial charge >= 0.3 is 11.6 Å². The zero-order valence-corrected chi connectivity index (χ0v) is 10.9. The van der Waals surface area contributed by atoms with Crippen LogP contribution >= 0.6 is 0 Å². The zero-order valence-electron chi connectivity index (χ0n) is 10.9. The summed E-state index contributed by atoms with van der Waals surface area (Å²) < 4.78 is 10.2. The van der Waals surface area contributed by atoms with Gasteiger partial charge in [0.2, 0.25) is 0 Å². The topological polar surface area (TPSA) is 76.8 Å². The minimum atomic E-state index is -0.685. The number of hydrogen-bond donors (Lipinski definition) is 0. The second-order valence-corrected chi connectivity index (χ2v) is 5.25. The number of nitrogens with zero attached hydrogens (tertiary/aromatic N) is 1. The molecule has 1 aromatic carbocycles. The van der Waals surface area contributed by atoms with Gasteiger partial charge in [0, 0.05) is 11.8 Å². The lowest BCUT2D eigenvalue weighted by Gasteiger charge is -2.25. The summed E-state index contributed by atoms with van der Waals surface area (Å²) >= 11 is 0. The van der Waals surface area contributed by atoms with Crippen LogP contribution in [0.25, 0.3) is 11.0 Å². The van der Waals surface area contributed by atoms with Crippen LogP contribution in [0.3, 0.4) is 0 Å². The van der Waals surface area contributed by atoms with E-state index in [2.05, 4.69) is 0 Å². The van der Waals surface area contributed by atoms with Crippen LogP contribution in [-0.4, -0.2) is 35.5 Å². The van der Waals surface area contributed by atoms with Crippen LogP contribution in [0, 0.1) is 0 Å². The first kappa shape index (κ1) is 12.1. The number of esters is 1. The van der Waals surface area contributed by atoms with Gasteiger partial charge in [-0.1, -0.05) is 18.2 Å². The lowest BCUT2D eigenvalue weighted by atomic mass is 10.1. The van der Waals surface area contributed by atoms with E-state index in [4.69, 9.17) is 9.15 Å². The van der Waals surface area contributed by atoms with Gasteiger partial charge in [-0.25, -0.2) is 9.59 Å². The molecule has 2 aliphatic rings. The van der Waals surface area contributed by atoms with Crippen LogP contribution in [0.1, 0.15) is 16.8 Å². The molecule has 0 saturated carbocycles. The van der Waals surface area contributed by atoms with Gasteiger partial charge in [-0.05, 0) is 12.1 Å². The first-order valence-corrected chi connectivity index (χ1v) is 6.68. The number of carbonyl (C=O) groups is 2. The average molecular weight is 285 g/mol. The van der Waals surface area contributed by atoms with E-state index in [9.17, 15) is 14.4 Å². The molecule has 2 atom stereocenters. The summed E-state index contributed by atoms with van der Waals surface area (Å²) in [6, 6.07) is 7.92. The second-order valence-electron chi connectivity index (χ2n) is 5.25. The van der Waals surface area contributed by atoms with Gasteiger partial charge in [0.25, 0.3) is 5.91 Å². The zero-order chi connectivity index (χ0) is 14.6. The van der Waals surface area contributed by atoms with Crippen LogP contribution in [0.15, 0.2) is 39.5 Å². The van der Waals surface area contributed by atoms with Crippen LogP contribution in [-0.2, 0) is 9.53 Å². The molecule has 2 fully saturated rings. The third kappa shape index (κ3) is 1.75. The largest absolute Gasteiger partial charge is 0.459 e. The van der Waals surface area contributed by atoms with Crippen molar-refractivity contribution < 1.29 is 18.7 Å². The minimum absolute atomic E-state index is 0.0472. The molecule has 2 aliphatic heterocycles. The van der Waals surface area contributed by atoms with Gasteiger partial charge < -0.3 is 14.1 Å². The normalized spacial score (nSPS) is 23.6. The summed E-state index contributed by atoms with van der Waals surface area (Å²) in [6.07, 6.45) is 0.252. The summed E-state index contributed by atoms with van der Waals surface area (Å²) in [4.78, 5) is 37.5. The van der Waals surface area contributed by atoms with E-state index in [1.807, 2.05) is 0 Å². The summed E-state index contributed by atoms with van der Waals surface area (Å²) in [7, 11) is 0. The van der Waals surface area contributed by atoms with Gasteiger partial charge in [0.05, 0.1) is 6.54 Å². The second kappa shape index (κ2) is 4.18. The molecule has 106 valence electrons. The van der Waals surface area contributed by atoms with Crippen molar-refractivity contribution in [1.29, 1.82) is 0 Å². The Kier molecular flexibility index (Phi) is 2.42. The first-order valence-electron chi connectivity index (χ1n) is 6.68. The fourth-order valence-electron chi connectivity index (χ4n) is 2.94. The van der Waals surface area contributed by atoms with Crippen molar-refractivity contribution in [3.8, 4) is 0 Å². The number of rotatable bonds is 1. The van der Waals surface area contributed by atoms with E-state index in [0.29, 0.717) is 23.9 Å². The lowest BCUT2D eigenvalue weighted by molar-refractivity contribution is -0.149. The Morgan fingerprint density at radius 2 is 2.05 bits per heavy atom. The molecule has 6 heteroatoms.